The van der Waals surface area contributed by atoms with E-state index < -0.39 is 0 Å². The van der Waals surface area contributed by atoms with Gasteiger partial charge in [-0.25, -0.2) is 9.78 Å². The van der Waals surface area contributed by atoms with Crippen molar-refractivity contribution in [2.45, 2.75) is 32.9 Å². The zero-order chi connectivity index (χ0) is 11.5. The SMILES string of the molecule is CN(Cc1nccs1)C(=O)NC(C)(C)C. The zero-order valence-electron chi connectivity index (χ0n) is 9.57. The normalized spacial score (nSPS) is 11.2. The monoisotopic (exact) mass is 227 g/mol. The molecule has 0 atom stereocenters. The van der Waals surface area contributed by atoms with E-state index in [2.05, 4.69) is 10.3 Å². The fraction of sp³-hybridized carbons (Fsp3) is 0.600. The highest BCUT2D eigenvalue weighted by Gasteiger charge is 2.17. The Bertz CT molecular complexity index is 316. The summed E-state index contributed by atoms with van der Waals surface area (Å²) in [6, 6.07) is -0.0716. The third kappa shape index (κ3) is 4.29. The molecule has 0 aromatic carbocycles. The Morgan fingerprint density at radius 3 is 2.73 bits per heavy atom. The van der Waals surface area contributed by atoms with Crippen LogP contribution in [0, 0.1) is 0 Å². The minimum Gasteiger partial charge on any atom is -0.333 e. The van der Waals surface area contributed by atoms with E-state index in [9.17, 15) is 4.79 Å². The van der Waals surface area contributed by atoms with Gasteiger partial charge >= 0.3 is 6.03 Å². The highest BCUT2D eigenvalue weighted by Crippen LogP contribution is 2.08. The van der Waals surface area contributed by atoms with E-state index >= 15 is 0 Å². The summed E-state index contributed by atoms with van der Waals surface area (Å²) in [6.07, 6.45) is 1.75. The standard InChI is InChI=1S/C10H17N3OS/c1-10(2,3)12-9(14)13(4)7-8-11-5-6-15-8/h5-6H,7H2,1-4H3,(H,12,14). The third-order valence-electron chi connectivity index (χ3n) is 1.68. The van der Waals surface area contributed by atoms with Gasteiger partial charge in [0.25, 0.3) is 0 Å². The highest BCUT2D eigenvalue weighted by atomic mass is 32.1. The number of rotatable bonds is 2. The van der Waals surface area contributed by atoms with Crippen LogP contribution in [0.3, 0.4) is 0 Å². The average Bonchev–Trinajstić information content (AvgIpc) is 2.53. The predicted octanol–water partition coefficient (Wildman–Crippen LogP) is 2.08. The Kier molecular flexibility index (Phi) is 3.68. The minimum atomic E-state index is -0.200. The quantitative estimate of drug-likeness (QED) is 0.840. The third-order valence-corrected chi connectivity index (χ3v) is 2.45. The molecule has 0 radical (unpaired) electrons. The number of nitrogens with one attached hydrogen (secondary N) is 1. The van der Waals surface area contributed by atoms with Gasteiger partial charge in [0.05, 0.1) is 6.54 Å². The van der Waals surface area contributed by atoms with Gasteiger partial charge in [0, 0.05) is 24.2 Å². The molecule has 0 fully saturated rings. The van der Waals surface area contributed by atoms with Gasteiger partial charge in [-0.05, 0) is 20.8 Å². The Morgan fingerprint density at radius 1 is 1.60 bits per heavy atom. The first-order chi connectivity index (χ1) is 6.88. The summed E-state index contributed by atoms with van der Waals surface area (Å²) >= 11 is 1.55. The molecule has 84 valence electrons. The number of aromatic nitrogens is 1. The van der Waals surface area contributed by atoms with Crippen LogP contribution >= 0.6 is 11.3 Å². The second-order valence-electron chi connectivity index (χ2n) is 4.46. The van der Waals surface area contributed by atoms with Gasteiger partial charge in [0.15, 0.2) is 0 Å². The van der Waals surface area contributed by atoms with Crippen molar-refractivity contribution in [1.82, 2.24) is 15.2 Å². The molecule has 1 aromatic heterocycles. The maximum absolute atomic E-state index is 11.7. The second-order valence-corrected chi connectivity index (χ2v) is 5.44. The van der Waals surface area contributed by atoms with E-state index in [1.165, 1.54) is 0 Å². The Hall–Kier alpha value is -1.10. The lowest BCUT2D eigenvalue weighted by atomic mass is 10.1. The van der Waals surface area contributed by atoms with Crippen LogP contribution in [-0.2, 0) is 6.54 Å². The molecule has 4 nitrogen and oxygen atoms in total. The summed E-state index contributed by atoms with van der Waals surface area (Å²) < 4.78 is 0. The summed E-state index contributed by atoms with van der Waals surface area (Å²) in [5, 5.41) is 5.75. The van der Waals surface area contributed by atoms with Gasteiger partial charge in [-0.2, -0.15) is 0 Å². The van der Waals surface area contributed by atoms with Crippen molar-refractivity contribution in [2.75, 3.05) is 7.05 Å². The topological polar surface area (TPSA) is 45.2 Å². The Labute approximate surface area is 94.3 Å². The van der Waals surface area contributed by atoms with Crippen molar-refractivity contribution in [3.63, 3.8) is 0 Å². The van der Waals surface area contributed by atoms with Gasteiger partial charge in [-0.1, -0.05) is 0 Å². The Balaban J connectivity index is 2.47. The maximum atomic E-state index is 11.7. The molecule has 0 saturated carbocycles. The number of carbonyl (C=O) groups excluding carboxylic acids is 1. The Morgan fingerprint density at radius 2 is 2.27 bits per heavy atom. The van der Waals surface area contributed by atoms with Crippen LogP contribution in [0.2, 0.25) is 0 Å². The number of hydrogen-bond donors (Lipinski definition) is 1. The van der Waals surface area contributed by atoms with E-state index in [4.69, 9.17) is 0 Å². The van der Waals surface area contributed by atoms with Crippen molar-refractivity contribution in [3.05, 3.63) is 16.6 Å². The second kappa shape index (κ2) is 4.61. The van der Waals surface area contributed by atoms with Crippen molar-refractivity contribution < 1.29 is 4.79 Å². The van der Waals surface area contributed by atoms with E-state index in [0.29, 0.717) is 6.54 Å². The van der Waals surface area contributed by atoms with Crippen LogP contribution in [0.4, 0.5) is 4.79 Å². The summed E-state index contributed by atoms with van der Waals surface area (Å²) in [4.78, 5) is 17.4. The number of hydrogen-bond acceptors (Lipinski definition) is 3. The van der Waals surface area contributed by atoms with Crippen LogP contribution in [0.1, 0.15) is 25.8 Å². The summed E-state index contributed by atoms with van der Waals surface area (Å²) in [6.45, 7) is 6.44. The van der Waals surface area contributed by atoms with E-state index in [-0.39, 0.29) is 11.6 Å². The van der Waals surface area contributed by atoms with E-state index in [0.717, 1.165) is 5.01 Å². The number of nitrogens with zero attached hydrogens (tertiary/aromatic N) is 2. The van der Waals surface area contributed by atoms with Crippen LogP contribution in [0.5, 0.6) is 0 Å². The molecule has 1 aromatic rings. The maximum Gasteiger partial charge on any atom is 0.317 e. The molecule has 0 aliphatic rings. The predicted molar refractivity (Wildman–Crippen MR) is 61.9 cm³/mol. The first kappa shape index (κ1) is 12.0. The number of carbonyl (C=O) groups is 1. The fourth-order valence-electron chi connectivity index (χ4n) is 1.02. The molecule has 1 heterocycles. The lowest BCUT2D eigenvalue weighted by Crippen LogP contribution is -2.46. The lowest BCUT2D eigenvalue weighted by Gasteiger charge is -2.25. The number of thiazole rings is 1. The first-order valence-electron chi connectivity index (χ1n) is 4.80. The molecular formula is C10H17N3OS. The molecule has 0 aliphatic carbocycles. The van der Waals surface area contributed by atoms with Gasteiger partial charge in [0.1, 0.15) is 5.01 Å². The molecule has 2 amide bonds. The van der Waals surface area contributed by atoms with Crippen LogP contribution < -0.4 is 5.32 Å². The van der Waals surface area contributed by atoms with Crippen molar-refractivity contribution >= 4 is 17.4 Å². The van der Waals surface area contributed by atoms with E-state index in [1.54, 1.807) is 29.5 Å². The molecular weight excluding hydrogens is 210 g/mol. The molecule has 0 aliphatic heterocycles. The van der Waals surface area contributed by atoms with Crippen LogP contribution in [0.15, 0.2) is 11.6 Å². The lowest BCUT2D eigenvalue weighted by molar-refractivity contribution is 0.197. The van der Waals surface area contributed by atoms with Crippen molar-refractivity contribution in [2.24, 2.45) is 0 Å². The summed E-state index contributed by atoms with van der Waals surface area (Å²) in [5.41, 5.74) is -0.200. The fourth-order valence-corrected chi connectivity index (χ4v) is 1.69. The van der Waals surface area contributed by atoms with Crippen molar-refractivity contribution in [3.8, 4) is 0 Å². The minimum absolute atomic E-state index is 0.0716. The molecule has 1 rings (SSSR count). The number of urea groups is 1. The molecule has 1 N–H and O–H groups in total. The molecule has 0 unspecified atom stereocenters. The molecule has 0 spiro atoms. The first-order valence-corrected chi connectivity index (χ1v) is 5.68. The van der Waals surface area contributed by atoms with Gasteiger partial charge < -0.3 is 10.2 Å². The van der Waals surface area contributed by atoms with E-state index in [1.807, 2.05) is 26.2 Å². The highest BCUT2D eigenvalue weighted by molar-refractivity contribution is 7.09. The largest absolute Gasteiger partial charge is 0.333 e. The van der Waals surface area contributed by atoms with Gasteiger partial charge in [-0.3, -0.25) is 0 Å². The zero-order valence-corrected chi connectivity index (χ0v) is 10.4. The molecule has 15 heavy (non-hydrogen) atoms. The molecule has 0 bridgehead atoms. The van der Waals surface area contributed by atoms with Gasteiger partial charge in [0.2, 0.25) is 0 Å². The smallest absolute Gasteiger partial charge is 0.317 e. The summed E-state index contributed by atoms with van der Waals surface area (Å²) in [5.74, 6) is 0. The molecule has 5 heteroatoms. The van der Waals surface area contributed by atoms with Crippen LogP contribution in [-0.4, -0.2) is 28.5 Å². The summed E-state index contributed by atoms with van der Waals surface area (Å²) in [7, 11) is 1.77. The average molecular weight is 227 g/mol. The number of amides is 2. The van der Waals surface area contributed by atoms with Crippen molar-refractivity contribution in [1.29, 1.82) is 0 Å². The van der Waals surface area contributed by atoms with Crippen LogP contribution in [0.25, 0.3) is 0 Å². The van der Waals surface area contributed by atoms with Gasteiger partial charge in [-0.15, -0.1) is 11.3 Å². The molecule has 0 saturated heterocycles.